The van der Waals surface area contributed by atoms with Gasteiger partial charge in [0.15, 0.2) is 0 Å². The van der Waals surface area contributed by atoms with E-state index in [1.54, 1.807) is 25.4 Å². The van der Waals surface area contributed by atoms with E-state index in [0.29, 0.717) is 6.54 Å². The Balaban J connectivity index is 1.96. The van der Waals surface area contributed by atoms with Gasteiger partial charge in [-0.3, -0.25) is 4.79 Å². The molecule has 2 rings (SSSR count). The lowest BCUT2D eigenvalue weighted by Gasteiger charge is -2.26. The molecular weight excluding hydrogens is 257 g/mol. The molecular formula is C12H13ClFN3O. The molecule has 18 heavy (non-hydrogen) atoms. The van der Waals surface area contributed by atoms with Gasteiger partial charge in [0.25, 0.3) is 5.91 Å². The minimum atomic E-state index is -0.673. The predicted molar refractivity (Wildman–Crippen MR) is 67.9 cm³/mol. The smallest absolute Gasteiger partial charge is 0.262 e. The number of hydrazone groups is 1. The average molecular weight is 270 g/mol. The number of carbonyl (C=O) groups is 1. The number of nitrogens with zero attached hydrogens (tertiary/aromatic N) is 2. The van der Waals surface area contributed by atoms with Crippen LogP contribution in [0.25, 0.3) is 0 Å². The maximum absolute atomic E-state index is 12.7. The molecule has 2 unspecified atom stereocenters. The molecule has 6 heteroatoms. The van der Waals surface area contributed by atoms with Crippen LogP contribution >= 0.6 is 11.6 Å². The number of halogens is 2. The van der Waals surface area contributed by atoms with Crippen molar-refractivity contribution in [3.05, 3.63) is 35.6 Å². The van der Waals surface area contributed by atoms with Gasteiger partial charge >= 0.3 is 0 Å². The van der Waals surface area contributed by atoms with Crippen LogP contribution in [0.15, 0.2) is 29.4 Å². The third-order valence-corrected chi connectivity index (χ3v) is 3.18. The fourth-order valence-electron chi connectivity index (χ4n) is 1.63. The molecule has 1 amide bonds. The molecule has 96 valence electrons. The molecule has 1 aromatic carbocycles. The highest BCUT2D eigenvalue weighted by molar-refractivity contribution is 6.32. The van der Waals surface area contributed by atoms with Crippen molar-refractivity contribution in [2.24, 2.45) is 5.10 Å². The van der Waals surface area contributed by atoms with Crippen molar-refractivity contribution in [1.82, 2.24) is 10.3 Å². The van der Waals surface area contributed by atoms with Crippen LogP contribution in [0.1, 0.15) is 5.56 Å². The summed E-state index contributed by atoms with van der Waals surface area (Å²) in [7, 11) is 1.56. The van der Waals surface area contributed by atoms with Gasteiger partial charge in [-0.25, -0.2) is 9.40 Å². The van der Waals surface area contributed by atoms with E-state index in [9.17, 15) is 9.18 Å². The van der Waals surface area contributed by atoms with Crippen LogP contribution in [0.2, 0.25) is 0 Å². The molecule has 1 aromatic rings. The minimum absolute atomic E-state index is 0.240. The molecule has 1 aliphatic rings. The van der Waals surface area contributed by atoms with Gasteiger partial charge in [0.2, 0.25) is 0 Å². The quantitative estimate of drug-likeness (QED) is 0.842. The Morgan fingerprint density at radius 1 is 1.44 bits per heavy atom. The summed E-state index contributed by atoms with van der Waals surface area (Å²) in [5, 5.41) is 7.57. The number of carbonyl (C=O) groups excluding carboxylic acids is 1. The summed E-state index contributed by atoms with van der Waals surface area (Å²) >= 11 is 6.01. The first kappa shape index (κ1) is 13.0. The number of alkyl halides is 1. The maximum Gasteiger partial charge on any atom is 0.262 e. The van der Waals surface area contributed by atoms with Crippen LogP contribution in [-0.2, 0) is 11.3 Å². The summed E-state index contributed by atoms with van der Waals surface area (Å²) in [6, 6.07) is 5.82. The van der Waals surface area contributed by atoms with Gasteiger partial charge < -0.3 is 5.32 Å². The SMILES string of the molecule is CN1N=CC(NCc2ccc(F)cc2)C(Cl)C1=O. The van der Waals surface area contributed by atoms with E-state index < -0.39 is 5.38 Å². The average Bonchev–Trinajstić information content (AvgIpc) is 2.37. The monoisotopic (exact) mass is 269 g/mol. The van der Waals surface area contributed by atoms with E-state index in [4.69, 9.17) is 11.6 Å². The summed E-state index contributed by atoms with van der Waals surface area (Å²) in [4.78, 5) is 11.6. The summed E-state index contributed by atoms with van der Waals surface area (Å²) in [5.74, 6) is -0.513. The number of amides is 1. The summed E-state index contributed by atoms with van der Waals surface area (Å²) in [6.07, 6.45) is 1.60. The van der Waals surface area contributed by atoms with Crippen molar-refractivity contribution in [2.45, 2.75) is 18.0 Å². The van der Waals surface area contributed by atoms with Gasteiger partial charge in [0.05, 0.1) is 6.04 Å². The van der Waals surface area contributed by atoms with Crippen molar-refractivity contribution < 1.29 is 9.18 Å². The number of nitrogens with one attached hydrogen (secondary N) is 1. The third-order valence-electron chi connectivity index (χ3n) is 2.73. The fraction of sp³-hybridized carbons (Fsp3) is 0.333. The van der Waals surface area contributed by atoms with Crippen molar-refractivity contribution in [2.75, 3.05) is 7.05 Å². The molecule has 0 fully saturated rings. The standard InChI is InChI=1S/C12H13ClFN3O/c1-17-12(18)11(13)10(7-16-17)15-6-8-2-4-9(14)5-3-8/h2-5,7,10-11,15H,6H2,1H3. The zero-order valence-electron chi connectivity index (χ0n) is 9.81. The van der Waals surface area contributed by atoms with Crippen LogP contribution in [0, 0.1) is 5.82 Å². The molecule has 4 nitrogen and oxygen atoms in total. The molecule has 0 saturated heterocycles. The van der Waals surface area contributed by atoms with Crippen LogP contribution in [-0.4, -0.2) is 35.6 Å². The lowest BCUT2D eigenvalue weighted by molar-refractivity contribution is -0.130. The van der Waals surface area contributed by atoms with E-state index in [-0.39, 0.29) is 17.8 Å². The molecule has 0 saturated carbocycles. The normalized spacial score (nSPS) is 23.5. The highest BCUT2D eigenvalue weighted by Gasteiger charge is 2.30. The molecule has 0 bridgehead atoms. The van der Waals surface area contributed by atoms with Gasteiger partial charge in [-0.15, -0.1) is 11.6 Å². The highest BCUT2D eigenvalue weighted by atomic mass is 35.5. The largest absolute Gasteiger partial charge is 0.303 e. The lowest BCUT2D eigenvalue weighted by atomic mass is 10.1. The number of rotatable bonds is 3. The molecule has 0 aromatic heterocycles. The lowest BCUT2D eigenvalue weighted by Crippen LogP contribution is -2.49. The second kappa shape index (κ2) is 5.46. The molecule has 0 spiro atoms. The third kappa shape index (κ3) is 2.86. The van der Waals surface area contributed by atoms with Gasteiger partial charge in [-0.1, -0.05) is 12.1 Å². The Morgan fingerprint density at radius 2 is 2.11 bits per heavy atom. The second-order valence-electron chi connectivity index (χ2n) is 4.06. The minimum Gasteiger partial charge on any atom is -0.303 e. The zero-order chi connectivity index (χ0) is 13.1. The topological polar surface area (TPSA) is 44.7 Å². The second-order valence-corrected chi connectivity index (χ2v) is 4.53. The number of benzene rings is 1. The van der Waals surface area contributed by atoms with E-state index in [2.05, 4.69) is 10.4 Å². The van der Waals surface area contributed by atoms with Gasteiger partial charge in [0.1, 0.15) is 11.2 Å². The van der Waals surface area contributed by atoms with E-state index >= 15 is 0 Å². The van der Waals surface area contributed by atoms with Crippen molar-refractivity contribution in [1.29, 1.82) is 0 Å². The van der Waals surface area contributed by atoms with Crippen molar-refractivity contribution in [3.8, 4) is 0 Å². The van der Waals surface area contributed by atoms with E-state index in [1.165, 1.54) is 17.1 Å². The molecule has 1 heterocycles. The Kier molecular flexibility index (Phi) is 3.93. The highest BCUT2D eigenvalue weighted by Crippen LogP contribution is 2.12. The molecule has 1 aliphatic heterocycles. The molecule has 1 N–H and O–H groups in total. The fourth-order valence-corrected chi connectivity index (χ4v) is 1.93. The Morgan fingerprint density at radius 3 is 2.78 bits per heavy atom. The van der Waals surface area contributed by atoms with Crippen LogP contribution in [0.4, 0.5) is 4.39 Å². The molecule has 0 radical (unpaired) electrons. The number of hydrogen-bond donors (Lipinski definition) is 1. The summed E-state index contributed by atoms with van der Waals surface area (Å²) in [5.41, 5.74) is 0.917. The first-order valence-corrected chi connectivity index (χ1v) is 5.95. The maximum atomic E-state index is 12.7. The first-order chi connectivity index (χ1) is 8.58. The predicted octanol–water partition coefficient (Wildman–Crippen LogP) is 1.35. The van der Waals surface area contributed by atoms with Crippen LogP contribution < -0.4 is 5.32 Å². The molecule has 2 atom stereocenters. The van der Waals surface area contributed by atoms with E-state index in [1.807, 2.05) is 0 Å². The summed E-state index contributed by atoms with van der Waals surface area (Å²) < 4.78 is 12.7. The van der Waals surface area contributed by atoms with Crippen LogP contribution in [0.5, 0.6) is 0 Å². The van der Waals surface area contributed by atoms with Gasteiger partial charge in [-0.05, 0) is 17.7 Å². The molecule has 0 aliphatic carbocycles. The summed E-state index contributed by atoms with van der Waals surface area (Å²) in [6.45, 7) is 0.497. The first-order valence-electron chi connectivity index (χ1n) is 5.51. The van der Waals surface area contributed by atoms with Gasteiger partial charge in [-0.2, -0.15) is 5.10 Å². The zero-order valence-corrected chi connectivity index (χ0v) is 10.6. The Labute approximate surface area is 109 Å². The Bertz CT molecular complexity index is 463. The van der Waals surface area contributed by atoms with Crippen molar-refractivity contribution >= 4 is 23.7 Å². The van der Waals surface area contributed by atoms with Gasteiger partial charge in [0, 0.05) is 19.8 Å². The van der Waals surface area contributed by atoms with E-state index in [0.717, 1.165) is 5.56 Å². The number of hydrogen-bond acceptors (Lipinski definition) is 3. The van der Waals surface area contributed by atoms with Crippen LogP contribution in [0.3, 0.4) is 0 Å². The van der Waals surface area contributed by atoms with Crippen molar-refractivity contribution in [3.63, 3.8) is 0 Å². The Hall–Kier alpha value is -1.46.